The van der Waals surface area contributed by atoms with Gasteiger partial charge in [0.2, 0.25) is 5.43 Å². The van der Waals surface area contributed by atoms with Gasteiger partial charge in [-0.15, -0.1) is 11.8 Å². The topological polar surface area (TPSA) is 72.6 Å². The van der Waals surface area contributed by atoms with Crippen LogP contribution in [0.1, 0.15) is 18.7 Å². The summed E-state index contributed by atoms with van der Waals surface area (Å²) < 4.78 is 7.34. The van der Waals surface area contributed by atoms with Crippen molar-refractivity contribution in [3.05, 3.63) is 58.6 Å². The molecule has 1 atom stereocenters. The molecule has 0 radical (unpaired) electrons. The van der Waals surface area contributed by atoms with Crippen LogP contribution in [0.2, 0.25) is 0 Å². The van der Waals surface area contributed by atoms with Crippen LogP contribution in [0.3, 0.4) is 0 Å². The van der Waals surface area contributed by atoms with Crippen LogP contribution in [-0.2, 0) is 5.75 Å². The zero-order valence-electron chi connectivity index (χ0n) is 15.8. The van der Waals surface area contributed by atoms with Crippen molar-refractivity contribution in [2.75, 3.05) is 20.2 Å². The first kappa shape index (κ1) is 18.5. The molecule has 0 saturated carbocycles. The first-order valence-corrected chi connectivity index (χ1v) is 10.1. The lowest BCUT2D eigenvalue weighted by Gasteiger charge is -2.13. The van der Waals surface area contributed by atoms with Crippen LogP contribution in [0.25, 0.3) is 10.9 Å². The Balaban J connectivity index is 1.52. The first-order chi connectivity index (χ1) is 13.6. The fourth-order valence-corrected chi connectivity index (χ4v) is 3.91. The highest BCUT2D eigenvalue weighted by molar-refractivity contribution is 7.98. The molecule has 3 aromatic rings. The predicted octanol–water partition coefficient (Wildman–Crippen LogP) is 2.95. The molecule has 0 fully saturated rings. The van der Waals surface area contributed by atoms with Crippen molar-refractivity contribution in [1.29, 1.82) is 0 Å². The van der Waals surface area contributed by atoms with E-state index in [1.165, 1.54) is 0 Å². The monoisotopic (exact) mass is 395 g/mol. The Morgan fingerprint density at radius 3 is 2.96 bits per heavy atom. The van der Waals surface area contributed by atoms with Crippen LogP contribution in [0.4, 0.5) is 0 Å². The number of pyridine rings is 1. The summed E-state index contributed by atoms with van der Waals surface area (Å²) in [6.07, 6.45) is 5.31. The second-order valence-corrected chi connectivity index (χ2v) is 7.57. The van der Waals surface area contributed by atoms with Crippen molar-refractivity contribution in [1.82, 2.24) is 19.8 Å². The van der Waals surface area contributed by atoms with Gasteiger partial charge in [-0.2, -0.15) is 10.2 Å². The van der Waals surface area contributed by atoms with E-state index in [1.54, 1.807) is 30.2 Å². The van der Waals surface area contributed by atoms with Gasteiger partial charge in [0.15, 0.2) is 0 Å². The van der Waals surface area contributed by atoms with Gasteiger partial charge in [-0.25, -0.2) is 0 Å². The summed E-state index contributed by atoms with van der Waals surface area (Å²) in [7, 11) is 1.92. The number of aromatic nitrogens is 3. The summed E-state index contributed by atoms with van der Waals surface area (Å²) in [5, 5.41) is 11.6. The minimum absolute atomic E-state index is 0.0480. The van der Waals surface area contributed by atoms with E-state index in [1.807, 2.05) is 48.1 Å². The van der Waals surface area contributed by atoms with Gasteiger partial charge < -0.3 is 4.74 Å². The number of rotatable bonds is 6. The molecule has 2 aromatic heterocycles. The minimum Gasteiger partial charge on any atom is -0.492 e. The smallest absolute Gasteiger partial charge is 0.204 e. The third-order valence-corrected chi connectivity index (χ3v) is 5.45. The van der Waals surface area contributed by atoms with Gasteiger partial charge in [-0.1, -0.05) is 0 Å². The van der Waals surface area contributed by atoms with Crippen LogP contribution in [0, 0.1) is 0 Å². The number of thioether (sulfide) groups is 1. The highest BCUT2D eigenvalue weighted by Gasteiger charge is 2.17. The van der Waals surface area contributed by atoms with Crippen LogP contribution in [-0.4, -0.2) is 46.2 Å². The van der Waals surface area contributed by atoms with Crippen molar-refractivity contribution in [2.45, 2.75) is 23.6 Å². The van der Waals surface area contributed by atoms with Crippen molar-refractivity contribution in [2.24, 2.45) is 5.10 Å². The first-order valence-electron chi connectivity index (χ1n) is 9.11. The summed E-state index contributed by atoms with van der Waals surface area (Å²) in [4.78, 5) is 17.7. The van der Waals surface area contributed by atoms with E-state index in [9.17, 15) is 4.79 Å². The van der Waals surface area contributed by atoms with Crippen LogP contribution in [0.5, 0.6) is 5.75 Å². The van der Waals surface area contributed by atoms with Gasteiger partial charge in [-0.3, -0.25) is 19.5 Å². The third kappa shape index (κ3) is 4.01. The van der Waals surface area contributed by atoms with Crippen LogP contribution in [0.15, 0.2) is 57.5 Å². The maximum Gasteiger partial charge on any atom is 0.204 e. The molecule has 144 valence electrons. The molecule has 0 bridgehead atoms. The molecule has 0 amide bonds. The lowest BCUT2D eigenvalue weighted by atomic mass is 10.2. The number of likely N-dealkylation sites (N-methyl/N-ethyl adjacent to an activating group) is 1. The van der Waals surface area contributed by atoms with E-state index in [0.29, 0.717) is 18.1 Å². The number of hydrazone groups is 1. The van der Waals surface area contributed by atoms with Crippen molar-refractivity contribution < 1.29 is 4.74 Å². The highest BCUT2D eigenvalue weighted by Crippen LogP contribution is 2.26. The zero-order valence-corrected chi connectivity index (χ0v) is 16.6. The van der Waals surface area contributed by atoms with Gasteiger partial charge >= 0.3 is 0 Å². The molecular formula is C20H21N5O2S. The average molecular weight is 395 g/mol. The molecule has 1 unspecified atom stereocenters. The summed E-state index contributed by atoms with van der Waals surface area (Å²) >= 11 is 1.59. The third-order valence-electron chi connectivity index (χ3n) is 4.44. The van der Waals surface area contributed by atoms with Crippen LogP contribution >= 0.6 is 11.8 Å². The maximum absolute atomic E-state index is 12.2. The molecule has 0 saturated heterocycles. The Hall–Kier alpha value is -2.87. The Morgan fingerprint density at radius 2 is 2.18 bits per heavy atom. The molecule has 1 aromatic carbocycles. The molecule has 4 rings (SSSR count). The number of hydrogen-bond acceptors (Lipinski definition) is 7. The Morgan fingerprint density at radius 1 is 1.29 bits per heavy atom. The highest BCUT2D eigenvalue weighted by atomic mass is 32.2. The van der Waals surface area contributed by atoms with E-state index in [2.05, 4.69) is 21.3 Å². The molecular weight excluding hydrogens is 374 g/mol. The normalized spacial score (nSPS) is 16.1. The lowest BCUT2D eigenvalue weighted by molar-refractivity contribution is 0.339. The molecule has 3 heterocycles. The van der Waals surface area contributed by atoms with Gasteiger partial charge in [-0.05, 0) is 31.2 Å². The molecule has 0 aliphatic carbocycles. The van der Waals surface area contributed by atoms with Crippen molar-refractivity contribution in [3.8, 4) is 5.75 Å². The van der Waals surface area contributed by atoms with E-state index in [4.69, 9.17) is 4.74 Å². The van der Waals surface area contributed by atoms with E-state index >= 15 is 0 Å². The van der Waals surface area contributed by atoms with Crippen molar-refractivity contribution in [3.63, 3.8) is 0 Å². The fraction of sp³-hybridized carbons (Fsp3) is 0.300. The lowest BCUT2D eigenvalue weighted by Crippen LogP contribution is -2.23. The maximum atomic E-state index is 12.2. The molecule has 1 aliphatic rings. The second kappa shape index (κ2) is 8.02. The van der Waals surface area contributed by atoms with Crippen LogP contribution < -0.4 is 10.2 Å². The quantitative estimate of drug-likeness (QED) is 0.598. The van der Waals surface area contributed by atoms with Gasteiger partial charge in [0.1, 0.15) is 17.5 Å². The molecule has 0 N–H and O–H groups in total. The van der Waals surface area contributed by atoms with Crippen molar-refractivity contribution >= 4 is 28.9 Å². The SMILES string of the molecule is CCOc1cnc2ccc(SCc3nn(C4C=NN(C)C4)ccc3=O)cc2c1. The molecule has 1 aliphatic heterocycles. The zero-order chi connectivity index (χ0) is 19.5. The Kier molecular flexibility index (Phi) is 5.29. The van der Waals surface area contributed by atoms with Gasteiger partial charge in [0.25, 0.3) is 0 Å². The number of nitrogens with zero attached hydrogens (tertiary/aromatic N) is 5. The Bertz CT molecular complexity index is 1080. The van der Waals surface area contributed by atoms with E-state index in [-0.39, 0.29) is 11.5 Å². The van der Waals surface area contributed by atoms with Gasteiger partial charge in [0.05, 0.1) is 31.1 Å². The van der Waals surface area contributed by atoms with E-state index < -0.39 is 0 Å². The summed E-state index contributed by atoms with van der Waals surface area (Å²) in [6.45, 7) is 3.31. The number of ether oxygens (including phenoxy) is 1. The number of hydrogen-bond donors (Lipinski definition) is 0. The average Bonchev–Trinajstić information content (AvgIpc) is 3.13. The van der Waals surface area contributed by atoms with E-state index in [0.717, 1.165) is 28.1 Å². The fourth-order valence-electron chi connectivity index (χ4n) is 3.03. The summed E-state index contributed by atoms with van der Waals surface area (Å²) in [5.74, 6) is 1.26. The molecule has 7 nitrogen and oxygen atoms in total. The second-order valence-electron chi connectivity index (χ2n) is 6.53. The summed E-state index contributed by atoms with van der Waals surface area (Å²) in [5.41, 5.74) is 1.41. The number of fused-ring (bicyclic) bond motifs is 1. The summed E-state index contributed by atoms with van der Waals surface area (Å²) in [6, 6.07) is 9.68. The number of benzene rings is 1. The molecule has 8 heteroatoms. The molecule has 28 heavy (non-hydrogen) atoms. The largest absolute Gasteiger partial charge is 0.492 e. The predicted molar refractivity (Wildman–Crippen MR) is 111 cm³/mol. The Labute approximate surface area is 167 Å². The minimum atomic E-state index is -0.0480. The van der Waals surface area contributed by atoms with Gasteiger partial charge in [0, 0.05) is 35.3 Å². The molecule has 0 spiro atoms. The standard InChI is InChI=1S/C20H21N5O2S/c1-3-27-16-8-14-9-17(4-5-18(14)21-11-16)28-13-19-20(26)6-7-25(23-19)15-10-22-24(2)12-15/h4-11,15H,3,12-13H2,1-2H3.